The standard InChI is InChI=1S/C14H14F4N2O2/c15-11-6-9(5-10(7-11)14(16,17)18)1-2-13(22)20-4-3-19-12(21)8-20/h5-7H,1-4,8H2,(H,19,21). The van der Waals surface area contributed by atoms with Crippen LogP contribution in [0.3, 0.4) is 0 Å². The third kappa shape index (κ3) is 4.19. The van der Waals surface area contributed by atoms with Crippen molar-refractivity contribution in [2.24, 2.45) is 0 Å². The second-order valence-electron chi connectivity index (χ2n) is 5.01. The molecule has 0 radical (unpaired) electrons. The molecule has 1 aliphatic heterocycles. The zero-order chi connectivity index (χ0) is 16.3. The molecule has 0 aliphatic carbocycles. The van der Waals surface area contributed by atoms with E-state index in [0.29, 0.717) is 19.2 Å². The fourth-order valence-electron chi connectivity index (χ4n) is 2.22. The van der Waals surface area contributed by atoms with Crippen LogP contribution in [0.5, 0.6) is 0 Å². The van der Waals surface area contributed by atoms with Gasteiger partial charge in [-0.05, 0) is 30.2 Å². The van der Waals surface area contributed by atoms with E-state index in [2.05, 4.69) is 5.32 Å². The van der Waals surface area contributed by atoms with Crippen LogP contribution in [0.25, 0.3) is 0 Å². The molecule has 0 saturated carbocycles. The number of hydrogen-bond acceptors (Lipinski definition) is 2. The first-order valence-electron chi connectivity index (χ1n) is 6.67. The van der Waals surface area contributed by atoms with Crippen LogP contribution in [-0.4, -0.2) is 36.3 Å². The minimum Gasteiger partial charge on any atom is -0.353 e. The molecule has 120 valence electrons. The molecule has 0 bridgehead atoms. The van der Waals surface area contributed by atoms with Gasteiger partial charge in [0.15, 0.2) is 0 Å². The molecular formula is C14H14F4N2O2. The lowest BCUT2D eigenvalue weighted by Crippen LogP contribution is -2.50. The molecule has 0 unspecified atom stereocenters. The molecule has 1 N–H and O–H groups in total. The summed E-state index contributed by atoms with van der Waals surface area (Å²) in [5.74, 6) is -1.60. The topological polar surface area (TPSA) is 49.4 Å². The fourth-order valence-corrected chi connectivity index (χ4v) is 2.22. The third-order valence-electron chi connectivity index (χ3n) is 3.30. The molecule has 0 atom stereocenters. The van der Waals surface area contributed by atoms with Gasteiger partial charge in [0, 0.05) is 19.5 Å². The molecule has 1 fully saturated rings. The van der Waals surface area contributed by atoms with Gasteiger partial charge in [-0.3, -0.25) is 9.59 Å². The quantitative estimate of drug-likeness (QED) is 0.863. The van der Waals surface area contributed by atoms with Gasteiger partial charge in [-0.15, -0.1) is 0 Å². The van der Waals surface area contributed by atoms with E-state index in [1.165, 1.54) is 4.90 Å². The third-order valence-corrected chi connectivity index (χ3v) is 3.30. The minimum absolute atomic E-state index is 0.0161. The molecule has 1 aliphatic rings. The van der Waals surface area contributed by atoms with Crippen molar-refractivity contribution in [3.63, 3.8) is 0 Å². The summed E-state index contributed by atoms with van der Waals surface area (Å²) in [6.07, 6.45) is -4.72. The second kappa shape index (κ2) is 6.33. The largest absolute Gasteiger partial charge is 0.416 e. The van der Waals surface area contributed by atoms with Gasteiger partial charge in [-0.25, -0.2) is 4.39 Å². The summed E-state index contributed by atoms with van der Waals surface area (Å²) in [5, 5.41) is 2.56. The molecule has 0 spiro atoms. The van der Waals surface area contributed by atoms with E-state index in [4.69, 9.17) is 0 Å². The van der Waals surface area contributed by atoms with Crippen molar-refractivity contribution in [3.8, 4) is 0 Å². The first-order valence-corrected chi connectivity index (χ1v) is 6.67. The Balaban J connectivity index is 2.00. The number of benzene rings is 1. The van der Waals surface area contributed by atoms with Gasteiger partial charge in [-0.1, -0.05) is 0 Å². The van der Waals surface area contributed by atoms with Crippen LogP contribution >= 0.6 is 0 Å². The molecular weight excluding hydrogens is 304 g/mol. The van der Waals surface area contributed by atoms with Crippen LogP contribution < -0.4 is 5.32 Å². The highest BCUT2D eigenvalue weighted by Crippen LogP contribution is 2.30. The van der Waals surface area contributed by atoms with E-state index < -0.39 is 17.6 Å². The first-order chi connectivity index (χ1) is 10.3. The van der Waals surface area contributed by atoms with Crippen molar-refractivity contribution in [1.82, 2.24) is 10.2 Å². The van der Waals surface area contributed by atoms with Crippen molar-refractivity contribution in [1.29, 1.82) is 0 Å². The Morgan fingerprint density at radius 2 is 2.00 bits per heavy atom. The summed E-state index contributed by atoms with van der Waals surface area (Å²) in [6.45, 7) is 0.653. The lowest BCUT2D eigenvalue weighted by Gasteiger charge is -2.26. The molecule has 0 aromatic heterocycles. The number of hydrogen-bond donors (Lipinski definition) is 1. The zero-order valence-corrected chi connectivity index (χ0v) is 11.5. The maximum atomic E-state index is 13.2. The number of amides is 2. The Hall–Kier alpha value is -2.12. The summed E-state index contributed by atoms with van der Waals surface area (Å²) in [4.78, 5) is 24.4. The zero-order valence-electron chi connectivity index (χ0n) is 11.5. The van der Waals surface area contributed by atoms with Crippen LogP contribution in [0.4, 0.5) is 17.6 Å². The van der Waals surface area contributed by atoms with E-state index in [1.54, 1.807) is 0 Å². The smallest absolute Gasteiger partial charge is 0.353 e. The lowest BCUT2D eigenvalue weighted by molar-refractivity contribution is -0.138. The Labute approximate surface area is 124 Å². The predicted octanol–water partition coefficient (Wildman–Crippen LogP) is 1.74. The van der Waals surface area contributed by atoms with Gasteiger partial charge in [0.1, 0.15) is 5.82 Å². The first kappa shape index (κ1) is 16.3. The van der Waals surface area contributed by atoms with Crippen LogP contribution in [0, 0.1) is 5.82 Å². The highest BCUT2D eigenvalue weighted by molar-refractivity contribution is 5.85. The number of aryl methyl sites for hydroxylation is 1. The maximum Gasteiger partial charge on any atom is 0.416 e. The normalized spacial score (nSPS) is 15.6. The van der Waals surface area contributed by atoms with E-state index in [0.717, 1.165) is 12.1 Å². The molecule has 1 saturated heterocycles. The molecule has 1 heterocycles. The maximum absolute atomic E-state index is 13.2. The molecule has 8 heteroatoms. The second-order valence-corrected chi connectivity index (χ2v) is 5.01. The van der Waals surface area contributed by atoms with E-state index in [-0.39, 0.29) is 36.8 Å². The van der Waals surface area contributed by atoms with Gasteiger partial charge < -0.3 is 10.2 Å². The van der Waals surface area contributed by atoms with Gasteiger partial charge >= 0.3 is 6.18 Å². The fraction of sp³-hybridized carbons (Fsp3) is 0.429. The average molecular weight is 318 g/mol. The number of alkyl halides is 3. The van der Waals surface area contributed by atoms with Gasteiger partial charge in [-0.2, -0.15) is 13.2 Å². The molecule has 1 aromatic rings. The van der Waals surface area contributed by atoms with Gasteiger partial charge in [0.25, 0.3) is 0 Å². The monoisotopic (exact) mass is 318 g/mol. The molecule has 2 amide bonds. The van der Waals surface area contributed by atoms with Crippen molar-refractivity contribution in [2.45, 2.75) is 19.0 Å². The summed E-state index contributed by atoms with van der Waals surface area (Å²) < 4.78 is 51.0. The molecule has 2 rings (SSSR count). The summed E-state index contributed by atoms with van der Waals surface area (Å²) in [5.41, 5.74) is -0.977. The van der Waals surface area contributed by atoms with Crippen molar-refractivity contribution < 1.29 is 27.2 Å². The van der Waals surface area contributed by atoms with Crippen molar-refractivity contribution >= 4 is 11.8 Å². The van der Waals surface area contributed by atoms with E-state index in [1.807, 2.05) is 0 Å². The lowest BCUT2D eigenvalue weighted by atomic mass is 10.0. The Morgan fingerprint density at radius 1 is 1.27 bits per heavy atom. The molecule has 1 aromatic carbocycles. The summed E-state index contributed by atoms with van der Waals surface area (Å²) >= 11 is 0. The van der Waals surface area contributed by atoms with Crippen molar-refractivity contribution in [3.05, 3.63) is 35.1 Å². The number of rotatable bonds is 3. The Bertz CT molecular complexity index is 587. The Kier molecular flexibility index (Phi) is 4.68. The molecule has 4 nitrogen and oxygen atoms in total. The van der Waals surface area contributed by atoms with Crippen LogP contribution in [-0.2, 0) is 22.2 Å². The van der Waals surface area contributed by atoms with Crippen molar-refractivity contribution in [2.75, 3.05) is 19.6 Å². The highest BCUT2D eigenvalue weighted by Gasteiger charge is 2.31. The number of piperazine rings is 1. The molecule has 22 heavy (non-hydrogen) atoms. The SMILES string of the molecule is O=C1CN(C(=O)CCc2cc(F)cc(C(F)(F)F)c2)CCN1. The Morgan fingerprint density at radius 3 is 2.64 bits per heavy atom. The average Bonchev–Trinajstić information content (AvgIpc) is 2.43. The minimum atomic E-state index is -4.63. The number of carbonyl (C=O) groups excluding carboxylic acids is 2. The van der Waals surface area contributed by atoms with Crippen LogP contribution in [0.1, 0.15) is 17.5 Å². The number of nitrogens with zero attached hydrogens (tertiary/aromatic N) is 1. The highest BCUT2D eigenvalue weighted by atomic mass is 19.4. The number of carbonyl (C=O) groups is 2. The number of nitrogens with one attached hydrogen (secondary N) is 1. The van der Waals surface area contributed by atoms with Crippen LogP contribution in [0.2, 0.25) is 0 Å². The van der Waals surface area contributed by atoms with Gasteiger partial charge in [0.2, 0.25) is 11.8 Å². The summed E-state index contributed by atoms with van der Waals surface area (Å²) in [6, 6.07) is 2.23. The predicted molar refractivity (Wildman–Crippen MR) is 69.3 cm³/mol. The summed E-state index contributed by atoms with van der Waals surface area (Å²) in [7, 11) is 0. The van der Waals surface area contributed by atoms with Crippen LogP contribution in [0.15, 0.2) is 18.2 Å². The van der Waals surface area contributed by atoms with E-state index >= 15 is 0 Å². The number of halogens is 4. The van der Waals surface area contributed by atoms with E-state index in [9.17, 15) is 27.2 Å². The van der Waals surface area contributed by atoms with Gasteiger partial charge in [0.05, 0.1) is 12.1 Å².